The number of halogens is 1. The van der Waals surface area contributed by atoms with Gasteiger partial charge in [-0.25, -0.2) is 9.98 Å². The van der Waals surface area contributed by atoms with Gasteiger partial charge < -0.3 is 11.1 Å². The number of aromatic nitrogens is 1. The Hall–Kier alpha value is -1.15. The molecule has 0 fully saturated rings. The predicted octanol–water partition coefficient (Wildman–Crippen LogP) is 4.24. The number of nitrogens with one attached hydrogen (secondary N) is 1. The molecular formula is C19H27IN4S. The SMILES string of the molecule is CC(C)(C)NC(N)=NCc1nc2c(s1)CC(c1ccccc1)CC2.I. The molecule has 1 aliphatic carbocycles. The highest BCUT2D eigenvalue weighted by Crippen LogP contribution is 2.35. The van der Waals surface area contributed by atoms with Crippen molar-refractivity contribution in [3.05, 3.63) is 51.5 Å². The zero-order valence-electron chi connectivity index (χ0n) is 15.1. The molecule has 6 heteroatoms. The van der Waals surface area contributed by atoms with Crippen LogP contribution in [-0.4, -0.2) is 16.5 Å². The second-order valence-corrected chi connectivity index (χ2v) is 8.57. The highest BCUT2D eigenvalue weighted by Gasteiger charge is 2.23. The molecule has 0 saturated heterocycles. The molecule has 3 rings (SSSR count). The molecule has 0 radical (unpaired) electrons. The van der Waals surface area contributed by atoms with Crippen LogP contribution in [0.2, 0.25) is 0 Å². The molecule has 1 heterocycles. The van der Waals surface area contributed by atoms with Crippen molar-refractivity contribution in [1.82, 2.24) is 10.3 Å². The Labute approximate surface area is 171 Å². The van der Waals surface area contributed by atoms with Gasteiger partial charge in [0.1, 0.15) is 5.01 Å². The summed E-state index contributed by atoms with van der Waals surface area (Å²) in [5.41, 5.74) is 8.58. The van der Waals surface area contributed by atoms with E-state index in [2.05, 4.69) is 61.4 Å². The normalized spacial score (nSPS) is 17.6. The largest absolute Gasteiger partial charge is 0.370 e. The number of thiazole rings is 1. The highest BCUT2D eigenvalue weighted by molar-refractivity contribution is 14.0. The number of guanidine groups is 1. The van der Waals surface area contributed by atoms with Gasteiger partial charge in [0.25, 0.3) is 0 Å². The third kappa shape index (κ3) is 5.67. The first-order valence-corrected chi connectivity index (χ1v) is 9.33. The molecule has 4 nitrogen and oxygen atoms in total. The van der Waals surface area contributed by atoms with E-state index in [1.54, 1.807) is 11.3 Å². The monoisotopic (exact) mass is 470 g/mol. The Morgan fingerprint density at radius 3 is 2.72 bits per heavy atom. The lowest BCUT2D eigenvalue weighted by molar-refractivity contribution is 0.508. The Bertz CT molecular complexity index is 719. The fourth-order valence-electron chi connectivity index (χ4n) is 3.08. The smallest absolute Gasteiger partial charge is 0.189 e. The number of hydrogen-bond acceptors (Lipinski definition) is 3. The molecule has 0 amide bonds. The summed E-state index contributed by atoms with van der Waals surface area (Å²) >= 11 is 1.79. The van der Waals surface area contributed by atoms with Gasteiger partial charge in [-0.3, -0.25) is 0 Å². The Morgan fingerprint density at radius 1 is 1.32 bits per heavy atom. The standard InChI is InChI=1S/C19H26N4S.HI/c1-19(2,3)23-18(20)21-12-17-22-15-10-9-14(11-16(15)24-17)13-7-5-4-6-8-13;/h4-8,14H,9-12H2,1-3H3,(H3,20,21,23);1H. The van der Waals surface area contributed by atoms with Crippen molar-refractivity contribution in [3.63, 3.8) is 0 Å². The van der Waals surface area contributed by atoms with Crippen molar-refractivity contribution in [3.8, 4) is 0 Å². The van der Waals surface area contributed by atoms with E-state index in [-0.39, 0.29) is 29.5 Å². The van der Waals surface area contributed by atoms with E-state index in [9.17, 15) is 0 Å². The average Bonchev–Trinajstić information content (AvgIpc) is 2.94. The van der Waals surface area contributed by atoms with Gasteiger partial charge in [0, 0.05) is 10.4 Å². The summed E-state index contributed by atoms with van der Waals surface area (Å²) in [6, 6.07) is 10.8. The van der Waals surface area contributed by atoms with Gasteiger partial charge in [0.15, 0.2) is 5.96 Å². The first-order chi connectivity index (χ1) is 11.4. The van der Waals surface area contributed by atoms with Crippen LogP contribution in [0.5, 0.6) is 0 Å². The molecule has 136 valence electrons. The lowest BCUT2D eigenvalue weighted by Gasteiger charge is -2.21. The quantitative estimate of drug-likeness (QED) is 0.401. The predicted molar refractivity (Wildman–Crippen MR) is 117 cm³/mol. The van der Waals surface area contributed by atoms with Crippen molar-refractivity contribution in [2.24, 2.45) is 10.7 Å². The number of benzene rings is 1. The zero-order valence-corrected chi connectivity index (χ0v) is 18.2. The molecule has 25 heavy (non-hydrogen) atoms. The van der Waals surface area contributed by atoms with Crippen LogP contribution >= 0.6 is 35.3 Å². The van der Waals surface area contributed by atoms with Crippen LogP contribution in [-0.2, 0) is 19.4 Å². The second-order valence-electron chi connectivity index (χ2n) is 7.40. The number of hydrogen-bond donors (Lipinski definition) is 2. The topological polar surface area (TPSA) is 63.3 Å². The minimum absolute atomic E-state index is 0. The Balaban J connectivity index is 0.00000225. The number of nitrogens with zero attached hydrogens (tertiary/aromatic N) is 2. The van der Waals surface area contributed by atoms with E-state index in [1.165, 1.54) is 22.6 Å². The summed E-state index contributed by atoms with van der Waals surface area (Å²) in [6.07, 6.45) is 3.33. The fraction of sp³-hybridized carbons (Fsp3) is 0.474. The van der Waals surface area contributed by atoms with E-state index in [0.29, 0.717) is 18.4 Å². The van der Waals surface area contributed by atoms with Crippen LogP contribution in [0.4, 0.5) is 0 Å². The van der Waals surface area contributed by atoms with Gasteiger partial charge >= 0.3 is 0 Å². The Morgan fingerprint density at radius 2 is 2.04 bits per heavy atom. The number of aliphatic imine (C=N–C) groups is 1. The van der Waals surface area contributed by atoms with Crippen molar-refractivity contribution in [2.45, 2.75) is 58.0 Å². The third-order valence-corrected chi connectivity index (χ3v) is 5.25. The van der Waals surface area contributed by atoms with Crippen molar-refractivity contribution < 1.29 is 0 Å². The van der Waals surface area contributed by atoms with Gasteiger partial charge in [0.05, 0.1) is 12.2 Å². The van der Waals surface area contributed by atoms with Gasteiger partial charge in [-0.05, 0) is 51.5 Å². The molecule has 1 unspecified atom stereocenters. The molecule has 0 spiro atoms. The lowest BCUT2D eigenvalue weighted by atomic mass is 9.85. The van der Waals surface area contributed by atoms with Crippen LogP contribution < -0.4 is 11.1 Å². The maximum absolute atomic E-state index is 5.94. The summed E-state index contributed by atoms with van der Waals surface area (Å²) in [5, 5.41) is 4.25. The molecule has 1 aromatic carbocycles. The van der Waals surface area contributed by atoms with Crippen molar-refractivity contribution >= 4 is 41.3 Å². The minimum atomic E-state index is -0.0708. The summed E-state index contributed by atoms with van der Waals surface area (Å²) in [5.74, 6) is 1.10. The van der Waals surface area contributed by atoms with Crippen LogP contribution in [0.15, 0.2) is 35.3 Å². The summed E-state index contributed by atoms with van der Waals surface area (Å²) in [4.78, 5) is 10.6. The zero-order chi connectivity index (χ0) is 17.2. The maximum atomic E-state index is 5.94. The molecular weight excluding hydrogens is 443 g/mol. The Kier molecular flexibility index (Phi) is 6.85. The number of rotatable bonds is 3. The second kappa shape index (κ2) is 8.49. The van der Waals surface area contributed by atoms with Gasteiger partial charge in [0.2, 0.25) is 0 Å². The average molecular weight is 470 g/mol. The van der Waals surface area contributed by atoms with E-state index < -0.39 is 0 Å². The van der Waals surface area contributed by atoms with E-state index in [1.807, 2.05) is 0 Å². The first-order valence-electron chi connectivity index (χ1n) is 8.51. The van der Waals surface area contributed by atoms with Gasteiger partial charge in [-0.2, -0.15) is 0 Å². The summed E-state index contributed by atoms with van der Waals surface area (Å²) < 4.78 is 0. The molecule has 1 aromatic heterocycles. The molecule has 0 bridgehead atoms. The van der Waals surface area contributed by atoms with Crippen LogP contribution in [0.25, 0.3) is 0 Å². The number of aryl methyl sites for hydroxylation is 1. The van der Waals surface area contributed by atoms with E-state index >= 15 is 0 Å². The van der Waals surface area contributed by atoms with Gasteiger partial charge in [-0.15, -0.1) is 35.3 Å². The fourth-order valence-corrected chi connectivity index (χ4v) is 4.20. The third-order valence-electron chi connectivity index (χ3n) is 4.14. The van der Waals surface area contributed by atoms with E-state index in [0.717, 1.165) is 17.8 Å². The number of nitrogens with two attached hydrogens (primary N) is 1. The number of fused-ring (bicyclic) bond motifs is 1. The van der Waals surface area contributed by atoms with E-state index in [4.69, 9.17) is 10.7 Å². The molecule has 3 N–H and O–H groups in total. The molecule has 2 aromatic rings. The molecule has 1 aliphatic rings. The molecule has 0 aliphatic heterocycles. The van der Waals surface area contributed by atoms with Crippen molar-refractivity contribution in [2.75, 3.05) is 0 Å². The molecule has 1 atom stereocenters. The maximum Gasteiger partial charge on any atom is 0.189 e. The lowest BCUT2D eigenvalue weighted by Crippen LogP contribution is -2.44. The minimum Gasteiger partial charge on any atom is -0.370 e. The van der Waals surface area contributed by atoms with Crippen LogP contribution in [0.1, 0.15) is 54.3 Å². The molecule has 0 saturated carbocycles. The van der Waals surface area contributed by atoms with Gasteiger partial charge in [-0.1, -0.05) is 30.3 Å². The van der Waals surface area contributed by atoms with Crippen LogP contribution in [0.3, 0.4) is 0 Å². The summed E-state index contributed by atoms with van der Waals surface area (Å²) in [6.45, 7) is 6.77. The van der Waals surface area contributed by atoms with Crippen molar-refractivity contribution in [1.29, 1.82) is 0 Å². The highest BCUT2D eigenvalue weighted by atomic mass is 127. The summed E-state index contributed by atoms with van der Waals surface area (Å²) in [7, 11) is 0. The van der Waals surface area contributed by atoms with Crippen LogP contribution in [0, 0.1) is 0 Å². The first kappa shape index (κ1) is 20.2.